The third-order valence-electron chi connectivity index (χ3n) is 3.44. The monoisotopic (exact) mass is 283 g/mol. The molecule has 1 saturated carbocycles. The quantitative estimate of drug-likeness (QED) is 0.838. The summed E-state index contributed by atoms with van der Waals surface area (Å²) in [5, 5.41) is 13.3. The minimum absolute atomic E-state index is 0.191. The summed E-state index contributed by atoms with van der Waals surface area (Å²) < 4.78 is 4.76. The number of methoxy groups -OCH3 is 1. The molecular formula is C14H18ClNO3. The zero-order valence-corrected chi connectivity index (χ0v) is 11.6. The van der Waals surface area contributed by atoms with Crippen molar-refractivity contribution in [2.24, 2.45) is 0 Å². The van der Waals surface area contributed by atoms with Crippen molar-refractivity contribution in [2.75, 3.05) is 12.4 Å². The van der Waals surface area contributed by atoms with Crippen LogP contribution in [0.3, 0.4) is 0 Å². The van der Waals surface area contributed by atoms with Gasteiger partial charge in [0.2, 0.25) is 0 Å². The molecule has 0 unspecified atom stereocenters. The van der Waals surface area contributed by atoms with Gasteiger partial charge in [0, 0.05) is 16.8 Å². The molecule has 1 aliphatic rings. The number of ether oxygens (including phenoxy) is 1. The Morgan fingerprint density at radius 1 is 1.37 bits per heavy atom. The SMILES string of the molecule is COC(=O)c1cc(Cl)ccc1NC1CCC(O)CC1. The number of hydrogen-bond donors (Lipinski definition) is 2. The summed E-state index contributed by atoms with van der Waals surface area (Å²) in [5.74, 6) is -0.402. The first-order valence-electron chi connectivity index (χ1n) is 6.42. The van der Waals surface area contributed by atoms with Gasteiger partial charge >= 0.3 is 5.97 Å². The van der Waals surface area contributed by atoms with E-state index in [2.05, 4.69) is 5.32 Å². The summed E-state index contributed by atoms with van der Waals surface area (Å²) in [5.41, 5.74) is 1.18. The molecule has 104 valence electrons. The smallest absolute Gasteiger partial charge is 0.340 e. The molecule has 1 aliphatic carbocycles. The molecule has 5 heteroatoms. The second kappa shape index (κ2) is 6.26. The number of aliphatic hydroxyl groups excluding tert-OH is 1. The van der Waals surface area contributed by atoms with Crippen LogP contribution in [-0.4, -0.2) is 30.3 Å². The lowest BCUT2D eigenvalue weighted by atomic mass is 9.93. The van der Waals surface area contributed by atoms with Crippen molar-refractivity contribution in [1.29, 1.82) is 0 Å². The second-order valence-corrected chi connectivity index (χ2v) is 5.27. The normalized spacial score (nSPS) is 22.9. The summed E-state index contributed by atoms with van der Waals surface area (Å²) in [6.07, 6.45) is 3.18. The molecule has 1 fully saturated rings. The lowest BCUT2D eigenvalue weighted by Crippen LogP contribution is -2.28. The van der Waals surface area contributed by atoms with Crippen molar-refractivity contribution < 1.29 is 14.6 Å². The van der Waals surface area contributed by atoms with Gasteiger partial charge in [0.05, 0.1) is 18.8 Å². The molecule has 0 heterocycles. The highest BCUT2D eigenvalue weighted by atomic mass is 35.5. The van der Waals surface area contributed by atoms with Crippen LogP contribution in [0, 0.1) is 0 Å². The van der Waals surface area contributed by atoms with Crippen LogP contribution in [0.15, 0.2) is 18.2 Å². The van der Waals surface area contributed by atoms with E-state index in [1.54, 1.807) is 18.2 Å². The third kappa shape index (κ3) is 3.61. The number of benzene rings is 1. The Morgan fingerprint density at radius 2 is 2.05 bits per heavy atom. The average molecular weight is 284 g/mol. The molecule has 0 amide bonds. The Balaban J connectivity index is 2.13. The van der Waals surface area contributed by atoms with E-state index in [1.165, 1.54) is 7.11 Å². The van der Waals surface area contributed by atoms with Crippen molar-refractivity contribution in [2.45, 2.75) is 37.8 Å². The predicted molar refractivity (Wildman–Crippen MR) is 74.7 cm³/mol. The minimum atomic E-state index is -0.402. The van der Waals surface area contributed by atoms with Crippen LogP contribution in [-0.2, 0) is 4.74 Å². The van der Waals surface area contributed by atoms with Crippen molar-refractivity contribution in [3.05, 3.63) is 28.8 Å². The molecular weight excluding hydrogens is 266 g/mol. The van der Waals surface area contributed by atoms with E-state index in [0.717, 1.165) is 31.4 Å². The first kappa shape index (κ1) is 14.2. The van der Waals surface area contributed by atoms with Gasteiger partial charge in [-0.1, -0.05) is 11.6 Å². The zero-order chi connectivity index (χ0) is 13.8. The van der Waals surface area contributed by atoms with Crippen LogP contribution in [0.1, 0.15) is 36.0 Å². The van der Waals surface area contributed by atoms with E-state index in [-0.39, 0.29) is 12.1 Å². The minimum Gasteiger partial charge on any atom is -0.465 e. The Bertz CT molecular complexity index is 456. The molecule has 2 N–H and O–H groups in total. The number of nitrogens with one attached hydrogen (secondary N) is 1. The van der Waals surface area contributed by atoms with Gasteiger partial charge in [0.25, 0.3) is 0 Å². The van der Waals surface area contributed by atoms with Crippen LogP contribution < -0.4 is 5.32 Å². The van der Waals surface area contributed by atoms with Gasteiger partial charge in [-0.05, 0) is 43.9 Å². The summed E-state index contributed by atoms with van der Waals surface area (Å²) in [6.45, 7) is 0. The largest absolute Gasteiger partial charge is 0.465 e. The van der Waals surface area contributed by atoms with Crippen LogP contribution in [0.5, 0.6) is 0 Å². The average Bonchev–Trinajstić information content (AvgIpc) is 2.42. The Hall–Kier alpha value is -1.26. The topological polar surface area (TPSA) is 58.6 Å². The Morgan fingerprint density at radius 3 is 2.68 bits per heavy atom. The molecule has 0 atom stereocenters. The molecule has 0 bridgehead atoms. The maximum absolute atomic E-state index is 11.7. The van der Waals surface area contributed by atoms with Crippen molar-refractivity contribution in [3.63, 3.8) is 0 Å². The van der Waals surface area contributed by atoms with Gasteiger partial charge in [-0.3, -0.25) is 0 Å². The maximum atomic E-state index is 11.7. The van der Waals surface area contributed by atoms with Gasteiger partial charge in [0.1, 0.15) is 0 Å². The predicted octanol–water partition coefficient (Wildman–Crippen LogP) is 2.84. The molecule has 19 heavy (non-hydrogen) atoms. The van der Waals surface area contributed by atoms with E-state index < -0.39 is 5.97 Å². The van der Waals surface area contributed by atoms with Gasteiger partial charge in [-0.2, -0.15) is 0 Å². The van der Waals surface area contributed by atoms with E-state index in [9.17, 15) is 9.90 Å². The molecule has 0 aromatic heterocycles. The molecule has 0 saturated heterocycles. The number of aliphatic hydroxyl groups is 1. The molecule has 2 rings (SSSR count). The Labute approximate surface area is 117 Å². The second-order valence-electron chi connectivity index (χ2n) is 4.83. The summed E-state index contributed by atoms with van der Waals surface area (Å²) in [4.78, 5) is 11.7. The fourth-order valence-electron chi connectivity index (χ4n) is 2.36. The number of carbonyl (C=O) groups excluding carboxylic acids is 1. The van der Waals surface area contributed by atoms with Crippen LogP contribution in [0.4, 0.5) is 5.69 Å². The first-order valence-corrected chi connectivity index (χ1v) is 6.80. The standard InChI is InChI=1S/C14H18ClNO3/c1-19-14(18)12-8-9(15)2-7-13(12)16-10-3-5-11(17)6-4-10/h2,7-8,10-11,16-17H,3-6H2,1H3. The van der Waals surface area contributed by atoms with Gasteiger partial charge in [0.15, 0.2) is 0 Å². The molecule has 0 aliphatic heterocycles. The highest BCUT2D eigenvalue weighted by Crippen LogP contribution is 2.26. The fraction of sp³-hybridized carbons (Fsp3) is 0.500. The number of carbonyl (C=O) groups is 1. The molecule has 1 aromatic rings. The number of esters is 1. The maximum Gasteiger partial charge on any atom is 0.340 e. The van der Waals surface area contributed by atoms with E-state index in [4.69, 9.17) is 16.3 Å². The molecule has 0 radical (unpaired) electrons. The third-order valence-corrected chi connectivity index (χ3v) is 3.68. The van der Waals surface area contributed by atoms with Gasteiger partial charge in [-0.15, -0.1) is 0 Å². The van der Waals surface area contributed by atoms with E-state index >= 15 is 0 Å². The number of halogens is 1. The number of rotatable bonds is 3. The van der Waals surface area contributed by atoms with Crippen molar-refractivity contribution in [3.8, 4) is 0 Å². The number of hydrogen-bond acceptors (Lipinski definition) is 4. The summed E-state index contributed by atoms with van der Waals surface area (Å²) >= 11 is 5.91. The summed E-state index contributed by atoms with van der Waals surface area (Å²) in [7, 11) is 1.35. The Kier molecular flexibility index (Phi) is 4.66. The zero-order valence-electron chi connectivity index (χ0n) is 10.9. The first-order chi connectivity index (χ1) is 9.10. The fourth-order valence-corrected chi connectivity index (χ4v) is 2.53. The van der Waals surface area contributed by atoms with E-state index in [1.807, 2.05) is 0 Å². The van der Waals surface area contributed by atoms with Crippen molar-refractivity contribution in [1.82, 2.24) is 0 Å². The van der Waals surface area contributed by atoms with E-state index in [0.29, 0.717) is 10.6 Å². The lowest BCUT2D eigenvalue weighted by Gasteiger charge is -2.27. The van der Waals surface area contributed by atoms with Crippen molar-refractivity contribution >= 4 is 23.3 Å². The van der Waals surface area contributed by atoms with Gasteiger partial charge in [-0.25, -0.2) is 4.79 Å². The highest BCUT2D eigenvalue weighted by molar-refractivity contribution is 6.31. The van der Waals surface area contributed by atoms with Crippen LogP contribution >= 0.6 is 11.6 Å². The summed E-state index contributed by atoms with van der Waals surface area (Å²) in [6, 6.07) is 5.41. The molecule has 0 spiro atoms. The molecule has 4 nitrogen and oxygen atoms in total. The van der Waals surface area contributed by atoms with Gasteiger partial charge < -0.3 is 15.2 Å². The lowest BCUT2D eigenvalue weighted by molar-refractivity contribution is 0.0601. The van der Waals surface area contributed by atoms with Crippen LogP contribution in [0.2, 0.25) is 5.02 Å². The molecule has 1 aromatic carbocycles. The highest BCUT2D eigenvalue weighted by Gasteiger charge is 2.21. The number of anilines is 1. The van der Waals surface area contributed by atoms with Crippen LogP contribution in [0.25, 0.3) is 0 Å².